The largest absolute Gasteiger partial charge is 0.507 e. The minimum Gasteiger partial charge on any atom is -0.507 e. The Balaban J connectivity index is 1.92. The smallest absolute Gasteiger partial charge is 0.269 e. The van der Waals surface area contributed by atoms with E-state index >= 15 is 0 Å². The summed E-state index contributed by atoms with van der Waals surface area (Å²) in [6.45, 7) is 0. The number of hydrogen-bond donors (Lipinski definition) is 1. The molecular formula is C22H15N3O4. The van der Waals surface area contributed by atoms with Crippen molar-refractivity contribution < 1.29 is 10.0 Å². The SMILES string of the molecule is O=c1c2ccccc2nc(C=Cc2ccccc2O)n1-c1ccc([N+](=O)[O-])cc1. The number of aromatic nitrogens is 2. The first-order valence-corrected chi connectivity index (χ1v) is 8.77. The molecule has 29 heavy (non-hydrogen) atoms. The van der Waals surface area contributed by atoms with Gasteiger partial charge in [-0.3, -0.25) is 19.5 Å². The number of fused-ring (bicyclic) bond motifs is 1. The number of phenolic OH excluding ortho intramolecular Hbond substituents is 1. The quantitative estimate of drug-likeness (QED) is 0.420. The molecule has 0 atom stereocenters. The number of benzene rings is 3. The molecule has 0 bridgehead atoms. The monoisotopic (exact) mass is 385 g/mol. The second-order valence-electron chi connectivity index (χ2n) is 6.29. The zero-order chi connectivity index (χ0) is 20.4. The van der Waals surface area contributed by atoms with Gasteiger partial charge in [-0.15, -0.1) is 0 Å². The molecular weight excluding hydrogens is 370 g/mol. The summed E-state index contributed by atoms with van der Waals surface area (Å²) in [5, 5.41) is 21.4. The first-order chi connectivity index (χ1) is 14.0. The van der Waals surface area contributed by atoms with Crippen LogP contribution in [0, 0.1) is 10.1 Å². The maximum absolute atomic E-state index is 13.2. The highest BCUT2D eigenvalue weighted by molar-refractivity contribution is 5.80. The van der Waals surface area contributed by atoms with Crippen LogP contribution in [0.4, 0.5) is 5.69 Å². The first kappa shape index (κ1) is 18.1. The highest BCUT2D eigenvalue weighted by Crippen LogP contribution is 2.21. The van der Waals surface area contributed by atoms with Gasteiger partial charge in [-0.05, 0) is 42.5 Å². The van der Waals surface area contributed by atoms with Gasteiger partial charge in [0, 0.05) is 17.7 Å². The summed E-state index contributed by atoms with van der Waals surface area (Å²) in [5.41, 5.74) is 1.21. The number of nitro benzene ring substituents is 1. The van der Waals surface area contributed by atoms with Gasteiger partial charge in [-0.1, -0.05) is 30.3 Å². The van der Waals surface area contributed by atoms with Crippen molar-refractivity contribution in [1.29, 1.82) is 0 Å². The first-order valence-electron chi connectivity index (χ1n) is 8.77. The van der Waals surface area contributed by atoms with E-state index in [1.54, 1.807) is 60.7 Å². The lowest BCUT2D eigenvalue weighted by molar-refractivity contribution is -0.384. The van der Waals surface area contributed by atoms with E-state index in [-0.39, 0.29) is 17.0 Å². The van der Waals surface area contributed by atoms with Crippen LogP contribution in [-0.2, 0) is 0 Å². The molecule has 0 fully saturated rings. The van der Waals surface area contributed by atoms with E-state index in [1.165, 1.54) is 28.8 Å². The fourth-order valence-corrected chi connectivity index (χ4v) is 3.03. The normalized spacial score (nSPS) is 11.2. The molecule has 1 N–H and O–H groups in total. The van der Waals surface area contributed by atoms with Crippen molar-refractivity contribution in [2.75, 3.05) is 0 Å². The number of phenols is 1. The Bertz CT molecular complexity index is 1310. The second-order valence-corrected chi connectivity index (χ2v) is 6.29. The molecule has 0 aliphatic heterocycles. The van der Waals surface area contributed by atoms with Gasteiger partial charge in [0.15, 0.2) is 0 Å². The summed E-state index contributed by atoms with van der Waals surface area (Å²) in [6, 6.07) is 19.5. The van der Waals surface area contributed by atoms with Gasteiger partial charge in [0.05, 0.1) is 21.5 Å². The van der Waals surface area contributed by atoms with Gasteiger partial charge in [-0.25, -0.2) is 4.98 Å². The Morgan fingerprint density at radius 1 is 0.931 bits per heavy atom. The molecule has 3 aromatic carbocycles. The van der Waals surface area contributed by atoms with Crippen LogP contribution >= 0.6 is 0 Å². The van der Waals surface area contributed by atoms with Crippen LogP contribution in [-0.4, -0.2) is 19.6 Å². The minimum absolute atomic E-state index is 0.0677. The van der Waals surface area contributed by atoms with Crippen molar-refractivity contribution in [2.45, 2.75) is 0 Å². The third-order valence-electron chi connectivity index (χ3n) is 4.47. The average Bonchev–Trinajstić information content (AvgIpc) is 2.73. The average molecular weight is 385 g/mol. The van der Waals surface area contributed by atoms with Gasteiger partial charge < -0.3 is 5.11 Å². The lowest BCUT2D eigenvalue weighted by atomic mass is 10.1. The molecule has 0 saturated carbocycles. The summed E-state index contributed by atoms with van der Waals surface area (Å²) in [5.74, 6) is 0.444. The number of para-hydroxylation sites is 2. The number of nitro groups is 1. The maximum Gasteiger partial charge on any atom is 0.269 e. The van der Waals surface area contributed by atoms with Crippen molar-refractivity contribution in [3.63, 3.8) is 0 Å². The molecule has 0 unspecified atom stereocenters. The molecule has 0 aliphatic rings. The standard InChI is InChI=1S/C22H15N3O4/c26-20-8-4-1-5-15(20)9-14-21-23-19-7-3-2-6-18(19)22(27)24(21)16-10-12-17(13-11-16)25(28)29/h1-14,26H. The van der Waals surface area contributed by atoms with E-state index in [2.05, 4.69) is 4.98 Å². The van der Waals surface area contributed by atoms with Crippen molar-refractivity contribution >= 4 is 28.7 Å². The lowest BCUT2D eigenvalue weighted by Gasteiger charge is -2.11. The Labute approximate surface area is 165 Å². The molecule has 0 saturated heterocycles. The summed E-state index contributed by atoms with van der Waals surface area (Å²) in [4.78, 5) is 28.2. The van der Waals surface area contributed by atoms with Crippen LogP contribution in [0.2, 0.25) is 0 Å². The van der Waals surface area contributed by atoms with Gasteiger partial charge >= 0.3 is 0 Å². The van der Waals surface area contributed by atoms with Crippen LogP contribution in [0.1, 0.15) is 11.4 Å². The molecule has 4 aromatic rings. The maximum atomic E-state index is 13.2. The van der Waals surface area contributed by atoms with Crippen LogP contribution in [0.15, 0.2) is 77.6 Å². The fourth-order valence-electron chi connectivity index (χ4n) is 3.03. The van der Waals surface area contributed by atoms with Gasteiger partial charge in [-0.2, -0.15) is 0 Å². The van der Waals surface area contributed by atoms with Crippen LogP contribution in [0.5, 0.6) is 5.75 Å². The summed E-state index contributed by atoms with van der Waals surface area (Å²) < 4.78 is 1.39. The molecule has 1 aromatic heterocycles. The van der Waals surface area contributed by atoms with E-state index in [9.17, 15) is 20.0 Å². The predicted molar refractivity (Wildman–Crippen MR) is 111 cm³/mol. The fraction of sp³-hybridized carbons (Fsp3) is 0. The van der Waals surface area contributed by atoms with Crippen LogP contribution in [0.3, 0.4) is 0 Å². The van der Waals surface area contributed by atoms with Gasteiger partial charge in [0.1, 0.15) is 11.6 Å². The van der Waals surface area contributed by atoms with Crippen molar-refractivity contribution in [1.82, 2.24) is 9.55 Å². The van der Waals surface area contributed by atoms with E-state index < -0.39 is 4.92 Å². The van der Waals surface area contributed by atoms with Crippen molar-refractivity contribution in [3.05, 3.63) is 105 Å². The number of aromatic hydroxyl groups is 1. The Hall–Kier alpha value is -4.26. The summed E-state index contributed by atoms with van der Waals surface area (Å²) >= 11 is 0. The number of non-ortho nitro benzene ring substituents is 1. The van der Waals surface area contributed by atoms with Gasteiger partial charge in [0.2, 0.25) is 0 Å². The molecule has 0 amide bonds. The molecule has 0 radical (unpaired) electrons. The molecule has 142 valence electrons. The minimum atomic E-state index is -0.496. The third-order valence-corrected chi connectivity index (χ3v) is 4.47. The summed E-state index contributed by atoms with van der Waals surface area (Å²) in [6.07, 6.45) is 3.29. The Kier molecular flexibility index (Phi) is 4.62. The molecule has 0 aliphatic carbocycles. The Morgan fingerprint density at radius 2 is 1.62 bits per heavy atom. The highest BCUT2D eigenvalue weighted by Gasteiger charge is 2.12. The van der Waals surface area contributed by atoms with E-state index in [4.69, 9.17) is 0 Å². The topological polar surface area (TPSA) is 98.3 Å². The van der Waals surface area contributed by atoms with E-state index in [1.807, 2.05) is 0 Å². The Morgan fingerprint density at radius 3 is 2.34 bits per heavy atom. The van der Waals surface area contributed by atoms with Crippen molar-refractivity contribution in [3.8, 4) is 11.4 Å². The number of nitrogens with zero attached hydrogens (tertiary/aromatic N) is 3. The van der Waals surface area contributed by atoms with Crippen LogP contribution in [0.25, 0.3) is 28.7 Å². The molecule has 7 heteroatoms. The molecule has 7 nitrogen and oxygen atoms in total. The second kappa shape index (κ2) is 7.40. The zero-order valence-electron chi connectivity index (χ0n) is 15.1. The third kappa shape index (κ3) is 3.49. The van der Waals surface area contributed by atoms with Crippen molar-refractivity contribution in [2.24, 2.45) is 0 Å². The van der Waals surface area contributed by atoms with Gasteiger partial charge in [0.25, 0.3) is 11.2 Å². The summed E-state index contributed by atoms with van der Waals surface area (Å²) in [7, 11) is 0. The predicted octanol–water partition coefficient (Wildman–Crippen LogP) is 4.17. The van der Waals surface area contributed by atoms with E-state index in [0.717, 1.165) is 0 Å². The highest BCUT2D eigenvalue weighted by atomic mass is 16.6. The number of hydrogen-bond acceptors (Lipinski definition) is 5. The molecule has 1 heterocycles. The zero-order valence-corrected chi connectivity index (χ0v) is 15.1. The number of rotatable bonds is 4. The molecule has 4 rings (SSSR count). The molecule has 0 spiro atoms. The lowest BCUT2D eigenvalue weighted by Crippen LogP contribution is -2.22. The van der Waals surface area contributed by atoms with Crippen LogP contribution < -0.4 is 5.56 Å². The van der Waals surface area contributed by atoms with E-state index in [0.29, 0.717) is 28.0 Å².